The van der Waals surface area contributed by atoms with Crippen molar-refractivity contribution in [3.05, 3.63) is 12.8 Å². The SMILES string of the molecule is C[C]C[CH]CC. The molecule has 0 nitrogen and oxygen atoms in total. The Morgan fingerprint density at radius 3 is 2.50 bits per heavy atom. The van der Waals surface area contributed by atoms with Crippen molar-refractivity contribution < 1.29 is 0 Å². The summed E-state index contributed by atoms with van der Waals surface area (Å²) in [5.41, 5.74) is 0. The molecule has 0 aliphatic rings. The first kappa shape index (κ1) is 6.00. The minimum Gasteiger partial charge on any atom is -0.0651 e. The number of rotatable bonds is 3. The lowest BCUT2D eigenvalue weighted by molar-refractivity contribution is 0.980. The van der Waals surface area contributed by atoms with Gasteiger partial charge in [-0.3, -0.25) is 0 Å². The normalized spacial score (nSPS) is 9.00. The van der Waals surface area contributed by atoms with Gasteiger partial charge in [0.25, 0.3) is 0 Å². The third kappa shape index (κ3) is 4.00. The monoisotopic (exact) mass is 83.1 g/mol. The van der Waals surface area contributed by atoms with Crippen LogP contribution < -0.4 is 0 Å². The van der Waals surface area contributed by atoms with Gasteiger partial charge in [0.1, 0.15) is 0 Å². The van der Waals surface area contributed by atoms with Gasteiger partial charge < -0.3 is 0 Å². The third-order valence-corrected chi connectivity index (χ3v) is 0.637. The molecule has 0 heteroatoms. The molecular weight excluding hydrogens is 72.1 g/mol. The fraction of sp³-hybridized carbons (Fsp3) is 0.667. The summed E-state index contributed by atoms with van der Waals surface area (Å²) in [6.07, 6.45) is 7.41. The van der Waals surface area contributed by atoms with Gasteiger partial charge in [-0.2, -0.15) is 0 Å². The molecule has 0 N–H and O–H groups in total. The molecule has 0 fully saturated rings. The van der Waals surface area contributed by atoms with Crippen molar-refractivity contribution in [2.45, 2.75) is 26.7 Å². The summed E-state index contributed by atoms with van der Waals surface area (Å²) >= 11 is 0. The van der Waals surface area contributed by atoms with E-state index in [2.05, 4.69) is 19.8 Å². The van der Waals surface area contributed by atoms with Crippen LogP contribution in [0.5, 0.6) is 0 Å². The van der Waals surface area contributed by atoms with E-state index in [1.165, 1.54) is 6.42 Å². The maximum atomic E-state index is 3.01. The molecule has 0 amide bonds. The van der Waals surface area contributed by atoms with Crippen molar-refractivity contribution in [2.24, 2.45) is 0 Å². The Morgan fingerprint density at radius 2 is 2.33 bits per heavy atom. The Balaban J connectivity index is 2.34. The van der Waals surface area contributed by atoms with Gasteiger partial charge in [-0.25, -0.2) is 0 Å². The highest BCUT2D eigenvalue weighted by Gasteiger charge is 1.76. The van der Waals surface area contributed by atoms with Crippen molar-refractivity contribution in [3.63, 3.8) is 0 Å². The topological polar surface area (TPSA) is 0 Å². The minimum atomic E-state index is 1.04. The number of hydrogen-bond acceptors (Lipinski definition) is 0. The molecular formula is C6H11. The molecule has 6 heavy (non-hydrogen) atoms. The van der Waals surface area contributed by atoms with E-state index in [9.17, 15) is 0 Å². The lowest BCUT2D eigenvalue weighted by Crippen LogP contribution is -1.69. The van der Waals surface area contributed by atoms with Gasteiger partial charge in [-0.05, 0) is 19.3 Å². The summed E-state index contributed by atoms with van der Waals surface area (Å²) in [6.45, 7) is 4.09. The van der Waals surface area contributed by atoms with E-state index in [4.69, 9.17) is 0 Å². The summed E-state index contributed by atoms with van der Waals surface area (Å²) < 4.78 is 0. The van der Waals surface area contributed by atoms with Crippen molar-refractivity contribution in [1.82, 2.24) is 0 Å². The van der Waals surface area contributed by atoms with Gasteiger partial charge in [0.15, 0.2) is 0 Å². The van der Waals surface area contributed by atoms with Gasteiger partial charge in [-0.1, -0.05) is 20.3 Å². The van der Waals surface area contributed by atoms with Crippen LogP contribution in [0.1, 0.15) is 26.7 Å². The highest BCUT2D eigenvalue weighted by Crippen LogP contribution is 1.92. The van der Waals surface area contributed by atoms with Crippen LogP contribution in [0.15, 0.2) is 0 Å². The average molecular weight is 83.2 g/mol. The van der Waals surface area contributed by atoms with Crippen LogP contribution in [0.3, 0.4) is 0 Å². The first-order valence-corrected chi connectivity index (χ1v) is 2.38. The van der Waals surface area contributed by atoms with E-state index in [0.29, 0.717) is 0 Å². The first-order valence-electron chi connectivity index (χ1n) is 2.38. The predicted octanol–water partition coefficient (Wildman–Crippen LogP) is 2.09. The molecule has 0 aliphatic carbocycles. The molecule has 0 aromatic carbocycles. The second-order valence-corrected chi connectivity index (χ2v) is 1.25. The van der Waals surface area contributed by atoms with Crippen molar-refractivity contribution in [2.75, 3.05) is 0 Å². The van der Waals surface area contributed by atoms with Gasteiger partial charge >= 0.3 is 0 Å². The highest BCUT2D eigenvalue weighted by atomic mass is 13.8. The van der Waals surface area contributed by atoms with Gasteiger partial charge in [0.2, 0.25) is 0 Å². The van der Waals surface area contributed by atoms with Crippen LogP contribution in [-0.2, 0) is 0 Å². The molecule has 0 saturated heterocycles. The molecule has 35 valence electrons. The van der Waals surface area contributed by atoms with Crippen LogP contribution >= 0.6 is 0 Å². The van der Waals surface area contributed by atoms with Crippen LogP contribution in [0.4, 0.5) is 0 Å². The second-order valence-electron chi connectivity index (χ2n) is 1.25. The van der Waals surface area contributed by atoms with E-state index in [0.717, 1.165) is 6.42 Å². The summed E-state index contributed by atoms with van der Waals surface area (Å²) in [6, 6.07) is 0. The Morgan fingerprint density at radius 1 is 1.67 bits per heavy atom. The van der Waals surface area contributed by atoms with Gasteiger partial charge in [-0.15, -0.1) is 0 Å². The molecule has 0 bridgehead atoms. The fourth-order valence-corrected chi connectivity index (χ4v) is 0.289. The molecule has 0 rings (SSSR count). The van der Waals surface area contributed by atoms with E-state index in [1.807, 2.05) is 6.92 Å². The lowest BCUT2D eigenvalue weighted by atomic mass is 10.2. The Labute approximate surface area is 40.6 Å². The summed E-state index contributed by atoms with van der Waals surface area (Å²) in [7, 11) is 0. The quantitative estimate of drug-likeness (QED) is 0.458. The standard InChI is InChI=1S/C6H11/c1-3-5-6-4-2/h5H,3,6H2,1-2H3. The predicted molar refractivity (Wildman–Crippen MR) is 28.1 cm³/mol. The molecule has 0 aromatic rings. The molecule has 0 atom stereocenters. The van der Waals surface area contributed by atoms with E-state index in [1.54, 1.807) is 0 Å². The Hall–Kier alpha value is 0. The average Bonchev–Trinajstić information content (AvgIpc) is 1.61. The molecule has 3 radical (unpaired) electrons. The fourth-order valence-electron chi connectivity index (χ4n) is 0.289. The van der Waals surface area contributed by atoms with Crippen LogP contribution in [0.2, 0.25) is 0 Å². The zero-order chi connectivity index (χ0) is 4.83. The molecule has 0 aromatic heterocycles. The molecule has 0 unspecified atom stereocenters. The largest absolute Gasteiger partial charge is 0.0651 e. The zero-order valence-electron chi connectivity index (χ0n) is 4.49. The molecule has 0 saturated carbocycles. The Bertz CT molecular complexity index is 12.0. The number of hydrogen-bond donors (Lipinski definition) is 0. The van der Waals surface area contributed by atoms with E-state index >= 15 is 0 Å². The van der Waals surface area contributed by atoms with Crippen molar-refractivity contribution in [3.8, 4) is 0 Å². The van der Waals surface area contributed by atoms with Gasteiger partial charge in [0.05, 0.1) is 0 Å². The minimum absolute atomic E-state index is 1.04. The first-order chi connectivity index (χ1) is 2.91. The van der Waals surface area contributed by atoms with E-state index < -0.39 is 0 Å². The Kier molecular flexibility index (Phi) is 5.00. The maximum absolute atomic E-state index is 3.01. The van der Waals surface area contributed by atoms with Gasteiger partial charge in [0, 0.05) is 0 Å². The van der Waals surface area contributed by atoms with E-state index in [-0.39, 0.29) is 0 Å². The third-order valence-electron chi connectivity index (χ3n) is 0.637. The van der Waals surface area contributed by atoms with Crippen LogP contribution in [0, 0.1) is 12.8 Å². The van der Waals surface area contributed by atoms with Crippen LogP contribution in [0.25, 0.3) is 0 Å². The smallest absolute Gasteiger partial charge is 0.0204 e. The number of unbranched alkanes of at least 4 members (excludes halogenated alkanes) is 3. The molecule has 0 aliphatic heterocycles. The highest BCUT2D eigenvalue weighted by molar-refractivity contribution is 4.69. The summed E-state index contributed by atoms with van der Waals surface area (Å²) in [5.74, 6) is 0. The lowest BCUT2D eigenvalue weighted by Gasteiger charge is -1.84. The maximum Gasteiger partial charge on any atom is -0.0204 e. The van der Waals surface area contributed by atoms with Crippen LogP contribution in [-0.4, -0.2) is 0 Å². The molecule has 0 spiro atoms. The van der Waals surface area contributed by atoms with Crippen molar-refractivity contribution in [1.29, 1.82) is 0 Å². The summed E-state index contributed by atoms with van der Waals surface area (Å²) in [5, 5.41) is 0. The summed E-state index contributed by atoms with van der Waals surface area (Å²) in [4.78, 5) is 0. The second kappa shape index (κ2) is 5.00. The van der Waals surface area contributed by atoms with Crippen molar-refractivity contribution >= 4 is 0 Å². The molecule has 0 heterocycles. The zero-order valence-corrected chi connectivity index (χ0v) is 4.49.